The highest BCUT2D eigenvalue weighted by atomic mass is 32.1. The first-order valence-electron chi connectivity index (χ1n) is 6.18. The van der Waals surface area contributed by atoms with Gasteiger partial charge in [-0.05, 0) is 32.9 Å². The minimum absolute atomic E-state index is 0.135. The average molecular weight is 291 g/mol. The van der Waals surface area contributed by atoms with Gasteiger partial charge in [0, 0.05) is 22.3 Å². The third-order valence-corrected chi connectivity index (χ3v) is 3.86. The van der Waals surface area contributed by atoms with E-state index in [0.29, 0.717) is 11.4 Å². The molecule has 20 heavy (non-hydrogen) atoms. The Morgan fingerprint density at radius 3 is 2.65 bits per heavy atom. The van der Waals surface area contributed by atoms with Gasteiger partial charge in [-0.15, -0.1) is 11.3 Å². The van der Waals surface area contributed by atoms with Gasteiger partial charge in [0.1, 0.15) is 10.8 Å². The third kappa shape index (κ3) is 3.31. The summed E-state index contributed by atoms with van der Waals surface area (Å²) >= 11 is 1.54. The lowest BCUT2D eigenvalue weighted by atomic mass is 10.2. The second-order valence-corrected chi connectivity index (χ2v) is 5.44. The van der Waals surface area contributed by atoms with Crippen molar-refractivity contribution in [1.82, 2.24) is 15.3 Å². The molecule has 0 saturated heterocycles. The fraction of sp³-hybridized carbons (Fsp3) is 0.308. The van der Waals surface area contributed by atoms with Crippen molar-refractivity contribution >= 4 is 23.1 Å². The SMILES string of the molecule is Cc1cc(C(=O)NC(C)c2nc(C)cs2)cc(NN)n1. The lowest BCUT2D eigenvalue weighted by Crippen LogP contribution is -2.27. The highest BCUT2D eigenvalue weighted by Gasteiger charge is 2.15. The molecule has 0 aliphatic rings. The van der Waals surface area contributed by atoms with Crippen LogP contribution in [0.4, 0.5) is 5.82 Å². The fourth-order valence-corrected chi connectivity index (χ4v) is 2.59. The van der Waals surface area contributed by atoms with Crippen LogP contribution in [0.25, 0.3) is 0 Å². The highest BCUT2D eigenvalue weighted by molar-refractivity contribution is 7.09. The number of nitrogen functional groups attached to an aromatic ring is 1. The van der Waals surface area contributed by atoms with Crippen LogP contribution in [0.2, 0.25) is 0 Å². The molecule has 1 atom stereocenters. The van der Waals surface area contributed by atoms with Crippen LogP contribution in [0.15, 0.2) is 17.5 Å². The van der Waals surface area contributed by atoms with Crippen LogP contribution in [0.5, 0.6) is 0 Å². The molecule has 0 aliphatic carbocycles. The normalized spacial score (nSPS) is 12.0. The molecule has 0 aromatic carbocycles. The number of carbonyl (C=O) groups is 1. The monoisotopic (exact) mass is 291 g/mol. The number of nitrogens with zero attached hydrogens (tertiary/aromatic N) is 2. The molecule has 0 aliphatic heterocycles. The number of rotatable bonds is 4. The van der Waals surface area contributed by atoms with Gasteiger partial charge < -0.3 is 10.7 Å². The number of carbonyl (C=O) groups excluding carboxylic acids is 1. The maximum Gasteiger partial charge on any atom is 0.252 e. The predicted octanol–water partition coefficient (Wildman–Crippen LogP) is 1.93. The first kappa shape index (κ1) is 14.4. The topological polar surface area (TPSA) is 92.9 Å². The van der Waals surface area contributed by atoms with E-state index in [1.165, 1.54) is 11.3 Å². The summed E-state index contributed by atoms with van der Waals surface area (Å²) in [5.41, 5.74) is 4.65. The maximum absolute atomic E-state index is 12.2. The zero-order valence-electron chi connectivity index (χ0n) is 11.6. The number of thiazole rings is 1. The van der Waals surface area contributed by atoms with Crippen LogP contribution in [0, 0.1) is 13.8 Å². The van der Waals surface area contributed by atoms with E-state index in [2.05, 4.69) is 20.7 Å². The number of aryl methyl sites for hydroxylation is 2. The molecule has 6 nitrogen and oxygen atoms in total. The Kier molecular flexibility index (Phi) is 4.31. The molecule has 4 N–H and O–H groups in total. The smallest absolute Gasteiger partial charge is 0.252 e. The van der Waals surface area contributed by atoms with E-state index >= 15 is 0 Å². The summed E-state index contributed by atoms with van der Waals surface area (Å²) in [5.74, 6) is 5.62. The summed E-state index contributed by atoms with van der Waals surface area (Å²) < 4.78 is 0. The Labute approximate surface area is 121 Å². The van der Waals surface area contributed by atoms with Crippen LogP contribution in [0.3, 0.4) is 0 Å². The van der Waals surface area contributed by atoms with E-state index < -0.39 is 0 Å². The lowest BCUT2D eigenvalue weighted by Gasteiger charge is -2.12. The van der Waals surface area contributed by atoms with Crippen molar-refractivity contribution in [2.24, 2.45) is 5.84 Å². The third-order valence-electron chi connectivity index (χ3n) is 2.72. The van der Waals surface area contributed by atoms with Crippen LogP contribution < -0.4 is 16.6 Å². The number of aromatic nitrogens is 2. The van der Waals surface area contributed by atoms with Gasteiger partial charge in [0.05, 0.1) is 6.04 Å². The number of hydrogen-bond donors (Lipinski definition) is 3. The summed E-state index contributed by atoms with van der Waals surface area (Å²) in [6.45, 7) is 5.65. The molecule has 0 saturated carbocycles. The predicted molar refractivity (Wildman–Crippen MR) is 79.5 cm³/mol. The summed E-state index contributed by atoms with van der Waals surface area (Å²) in [6.07, 6.45) is 0. The number of hydrogen-bond acceptors (Lipinski definition) is 6. The number of nitrogens with one attached hydrogen (secondary N) is 2. The van der Waals surface area contributed by atoms with Crippen LogP contribution >= 0.6 is 11.3 Å². The van der Waals surface area contributed by atoms with Gasteiger partial charge in [-0.2, -0.15) is 0 Å². The Bertz CT molecular complexity index is 625. The van der Waals surface area contributed by atoms with Crippen molar-refractivity contribution in [3.05, 3.63) is 39.5 Å². The van der Waals surface area contributed by atoms with Crippen molar-refractivity contribution in [2.45, 2.75) is 26.8 Å². The Morgan fingerprint density at radius 1 is 1.30 bits per heavy atom. The maximum atomic E-state index is 12.2. The quantitative estimate of drug-likeness (QED) is 0.591. The van der Waals surface area contributed by atoms with Gasteiger partial charge >= 0.3 is 0 Å². The molecule has 2 heterocycles. The largest absolute Gasteiger partial charge is 0.343 e. The van der Waals surface area contributed by atoms with Crippen molar-refractivity contribution in [1.29, 1.82) is 0 Å². The second-order valence-electron chi connectivity index (χ2n) is 4.55. The highest BCUT2D eigenvalue weighted by Crippen LogP contribution is 2.18. The van der Waals surface area contributed by atoms with Gasteiger partial charge in [0.15, 0.2) is 0 Å². The van der Waals surface area contributed by atoms with E-state index in [1.807, 2.05) is 26.2 Å². The molecule has 2 rings (SSSR count). The molecule has 2 aromatic rings. The van der Waals surface area contributed by atoms with Crippen molar-refractivity contribution < 1.29 is 4.79 Å². The minimum Gasteiger partial charge on any atom is -0.343 e. The van der Waals surface area contributed by atoms with Gasteiger partial charge in [0.2, 0.25) is 0 Å². The molecule has 1 amide bonds. The zero-order chi connectivity index (χ0) is 14.7. The number of amides is 1. The molecule has 106 valence electrons. The molecule has 7 heteroatoms. The van der Waals surface area contributed by atoms with Crippen molar-refractivity contribution in [2.75, 3.05) is 5.43 Å². The number of nitrogens with two attached hydrogens (primary N) is 1. The van der Waals surface area contributed by atoms with Gasteiger partial charge in [-0.25, -0.2) is 15.8 Å². The minimum atomic E-state index is -0.174. The molecule has 0 spiro atoms. The lowest BCUT2D eigenvalue weighted by molar-refractivity contribution is 0.0939. The van der Waals surface area contributed by atoms with Crippen LogP contribution in [-0.2, 0) is 0 Å². The average Bonchev–Trinajstić information content (AvgIpc) is 2.84. The molecule has 0 radical (unpaired) electrons. The molecule has 2 aromatic heterocycles. The fourth-order valence-electron chi connectivity index (χ4n) is 1.79. The number of pyridine rings is 1. The summed E-state index contributed by atoms with van der Waals surface area (Å²) in [6, 6.07) is 3.20. The Hall–Kier alpha value is -1.99. The van der Waals surface area contributed by atoms with E-state index in [9.17, 15) is 4.79 Å². The van der Waals surface area contributed by atoms with Crippen LogP contribution in [0.1, 0.15) is 39.7 Å². The Balaban J connectivity index is 2.13. The Morgan fingerprint density at radius 2 is 2.05 bits per heavy atom. The van der Waals surface area contributed by atoms with Crippen LogP contribution in [-0.4, -0.2) is 15.9 Å². The first-order chi connectivity index (χ1) is 9.49. The van der Waals surface area contributed by atoms with E-state index in [-0.39, 0.29) is 11.9 Å². The molecular formula is C13H17N5OS. The molecular weight excluding hydrogens is 274 g/mol. The van der Waals surface area contributed by atoms with E-state index in [0.717, 1.165) is 16.4 Å². The first-order valence-corrected chi connectivity index (χ1v) is 7.05. The standard InChI is InChI=1S/C13H17N5OS/c1-7-4-10(5-11(15-7)18-14)12(19)17-9(3)13-16-8(2)6-20-13/h4-6,9H,14H2,1-3H3,(H,15,18)(H,17,19). The molecule has 0 fully saturated rings. The summed E-state index contributed by atoms with van der Waals surface area (Å²) in [7, 11) is 0. The zero-order valence-corrected chi connectivity index (χ0v) is 12.4. The van der Waals surface area contributed by atoms with Crippen molar-refractivity contribution in [3.63, 3.8) is 0 Å². The molecule has 0 bridgehead atoms. The van der Waals surface area contributed by atoms with E-state index in [1.54, 1.807) is 12.1 Å². The second kappa shape index (κ2) is 5.98. The summed E-state index contributed by atoms with van der Waals surface area (Å²) in [5, 5.41) is 5.77. The summed E-state index contributed by atoms with van der Waals surface area (Å²) in [4.78, 5) is 20.7. The van der Waals surface area contributed by atoms with Gasteiger partial charge in [-0.1, -0.05) is 0 Å². The van der Waals surface area contributed by atoms with Gasteiger partial charge in [-0.3, -0.25) is 4.79 Å². The number of hydrazine groups is 1. The van der Waals surface area contributed by atoms with E-state index in [4.69, 9.17) is 5.84 Å². The number of anilines is 1. The van der Waals surface area contributed by atoms with Gasteiger partial charge in [0.25, 0.3) is 5.91 Å². The molecule has 1 unspecified atom stereocenters. The van der Waals surface area contributed by atoms with Crippen molar-refractivity contribution in [3.8, 4) is 0 Å².